The maximum absolute atomic E-state index is 6.28. The van der Waals surface area contributed by atoms with Gasteiger partial charge in [0, 0.05) is 16.2 Å². The molecular weight excluding hydrogens is 629 g/mol. The zero-order valence-corrected chi connectivity index (χ0v) is 29.1. The molecule has 0 saturated heterocycles. The van der Waals surface area contributed by atoms with Crippen LogP contribution in [0.1, 0.15) is 25.0 Å². The molecule has 0 spiro atoms. The summed E-state index contributed by atoms with van der Waals surface area (Å²) in [5.74, 6) is 0. The first-order chi connectivity index (χ1) is 25.5. The summed E-state index contributed by atoms with van der Waals surface area (Å²) in [5.41, 5.74) is 14.6. The lowest BCUT2D eigenvalue weighted by Gasteiger charge is -2.23. The van der Waals surface area contributed by atoms with Crippen molar-refractivity contribution >= 4 is 54.3 Å². The smallest absolute Gasteiger partial charge is 0.135 e. The normalized spacial score (nSPS) is 13.3. The van der Waals surface area contributed by atoms with E-state index in [2.05, 4.69) is 178 Å². The first-order valence-electron chi connectivity index (χ1n) is 18.2. The number of para-hydroxylation sites is 1. The van der Waals surface area contributed by atoms with E-state index in [1.54, 1.807) is 0 Å². The van der Waals surface area contributed by atoms with Gasteiger partial charge in [-0.3, -0.25) is 0 Å². The molecule has 0 amide bonds. The SMILES string of the molecule is CC1(C)c2ccccc2-c2c(-c3c4ccccc4c(-c4ccc5oc6ccccc6c5c4)c4ccc(-c5ccc6ccccc6c5)cc34)cccc21. The predicted molar refractivity (Wildman–Crippen MR) is 220 cm³/mol. The van der Waals surface area contributed by atoms with Gasteiger partial charge in [-0.2, -0.15) is 0 Å². The van der Waals surface area contributed by atoms with Gasteiger partial charge in [0.15, 0.2) is 0 Å². The quantitative estimate of drug-likeness (QED) is 0.172. The van der Waals surface area contributed by atoms with Crippen LogP contribution >= 0.6 is 0 Å². The number of benzene rings is 9. The van der Waals surface area contributed by atoms with Gasteiger partial charge in [0.2, 0.25) is 0 Å². The highest BCUT2D eigenvalue weighted by molar-refractivity contribution is 6.24. The second-order valence-electron chi connectivity index (χ2n) is 14.8. The molecule has 1 aliphatic carbocycles. The molecule has 11 rings (SSSR count). The highest BCUT2D eigenvalue weighted by Crippen LogP contribution is 2.55. The second kappa shape index (κ2) is 10.8. The Bertz CT molecular complexity index is 3100. The van der Waals surface area contributed by atoms with Gasteiger partial charge in [0.25, 0.3) is 0 Å². The molecule has 0 radical (unpaired) electrons. The van der Waals surface area contributed by atoms with Crippen molar-refractivity contribution in [2.45, 2.75) is 19.3 Å². The Morgan fingerprint density at radius 1 is 0.346 bits per heavy atom. The summed E-state index contributed by atoms with van der Waals surface area (Å²) in [6.07, 6.45) is 0. The van der Waals surface area contributed by atoms with E-state index in [9.17, 15) is 0 Å². The van der Waals surface area contributed by atoms with Crippen LogP contribution in [0.3, 0.4) is 0 Å². The molecule has 244 valence electrons. The van der Waals surface area contributed by atoms with Crippen LogP contribution in [0.25, 0.3) is 98.8 Å². The van der Waals surface area contributed by atoms with Crippen molar-refractivity contribution in [2.24, 2.45) is 0 Å². The van der Waals surface area contributed by atoms with E-state index in [0.717, 1.165) is 21.9 Å². The molecule has 0 atom stereocenters. The van der Waals surface area contributed by atoms with Crippen molar-refractivity contribution in [3.05, 3.63) is 181 Å². The van der Waals surface area contributed by atoms with E-state index in [-0.39, 0.29) is 5.41 Å². The molecule has 1 heteroatoms. The van der Waals surface area contributed by atoms with Crippen molar-refractivity contribution in [2.75, 3.05) is 0 Å². The van der Waals surface area contributed by atoms with Gasteiger partial charge in [0.05, 0.1) is 0 Å². The Morgan fingerprint density at radius 3 is 1.83 bits per heavy atom. The van der Waals surface area contributed by atoms with E-state index in [0.29, 0.717) is 0 Å². The molecule has 1 heterocycles. The molecule has 0 N–H and O–H groups in total. The minimum absolute atomic E-state index is 0.0908. The maximum atomic E-state index is 6.28. The van der Waals surface area contributed by atoms with Crippen LogP contribution in [0.4, 0.5) is 0 Å². The number of fused-ring (bicyclic) bond motifs is 9. The lowest BCUT2D eigenvalue weighted by atomic mass is 9.80. The van der Waals surface area contributed by atoms with Crippen LogP contribution in [-0.4, -0.2) is 0 Å². The zero-order valence-electron chi connectivity index (χ0n) is 29.1. The third-order valence-corrected chi connectivity index (χ3v) is 11.6. The van der Waals surface area contributed by atoms with Gasteiger partial charge < -0.3 is 4.42 Å². The fourth-order valence-electron chi connectivity index (χ4n) is 9.17. The zero-order chi connectivity index (χ0) is 34.6. The first kappa shape index (κ1) is 29.3. The minimum Gasteiger partial charge on any atom is -0.456 e. The molecule has 0 aliphatic heterocycles. The van der Waals surface area contributed by atoms with Gasteiger partial charge in [0.1, 0.15) is 11.2 Å². The summed E-state index contributed by atoms with van der Waals surface area (Å²) in [6.45, 7) is 4.74. The van der Waals surface area contributed by atoms with E-state index in [4.69, 9.17) is 4.42 Å². The van der Waals surface area contributed by atoms with E-state index in [1.807, 2.05) is 6.07 Å². The van der Waals surface area contributed by atoms with Crippen molar-refractivity contribution < 1.29 is 4.42 Å². The monoisotopic (exact) mass is 662 g/mol. The van der Waals surface area contributed by atoms with Gasteiger partial charge in [-0.05, 0) is 118 Å². The van der Waals surface area contributed by atoms with Crippen LogP contribution in [-0.2, 0) is 5.41 Å². The molecule has 10 aromatic rings. The highest BCUT2D eigenvalue weighted by atomic mass is 16.3. The lowest BCUT2D eigenvalue weighted by molar-refractivity contribution is 0.660. The molecule has 52 heavy (non-hydrogen) atoms. The third-order valence-electron chi connectivity index (χ3n) is 11.6. The van der Waals surface area contributed by atoms with Gasteiger partial charge in [-0.25, -0.2) is 0 Å². The maximum Gasteiger partial charge on any atom is 0.135 e. The molecule has 1 aliphatic rings. The van der Waals surface area contributed by atoms with Crippen molar-refractivity contribution in [1.82, 2.24) is 0 Å². The summed E-state index contributed by atoms with van der Waals surface area (Å²) in [5, 5.41) is 9.79. The molecule has 9 aromatic carbocycles. The van der Waals surface area contributed by atoms with E-state index < -0.39 is 0 Å². The Balaban J connectivity index is 1.27. The third kappa shape index (κ3) is 4.11. The van der Waals surface area contributed by atoms with Gasteiger partial charge >= 0.3 is 0 Å². The number of hydrogen-bond acceptors (Lipinski definition) is 1. The fraction of sp³-hybridized carbons (Fsp3) is 0.0588. The number of rotatable bonds is 3. The average molecular weight is 663 g/mol. The molecule has 1 aromatic heterocycles. The van der Waals surface area contributed by atoms with Crippen LogP contribution in [0.2, 0.25) is 0 Å². The molecule has 0 saturated carbocycles. The topological polar surface area (TPSA) is 13.1 Å². The van der Waals surface area contributed by atoms with Crippen LogP contribution in [0.5, 0.6) is 0 Å². The number of furan rings is 1. The number of hydrogen-bond donors (Lipinski definition) is 0. The van der Waals surface area contributed by atoms with E-state index >= 15 is 0 Å². The summed E-state index contributed by atoms with van der Waals surface area (Å²) >= 11 is 0. The fourth-order valence-corrected chi connectivity index (χ4v) is 9.17. The predicted octanol–water partition coefficient (Wildman–Crippen LogP) is 14.4. The Hall–Kier alpha value is -6.44. The molecule has 1 nitrogen and oxygen atoms in total. The summed E-state index contributed by atoms with van der Waals surface area (Å²) in [6, 6.07) is 62.6. The van der Waals surface area contributed by atoms with Crippen molar-refractivity contribution in [3.63, 3.8) is 0 Å². The molecular formula is C51H34O. The average Bonchev–Trinajstić information content (AvgIpc) is 3.68. The Labute approximate surface area is 302 Å². The Kier molecular flexibility index (Phi) is 6.08. The lowest BCUT2D eigenvalue weighted by Crippen LogP contribution is -2.14. The minimum atomic E-state index is -0.0908. The highest BCUT2D eigenvalue weighted by Gasteiger charge is 2.37. The van der Waals surface area contributed by atoms with Crippen LogP contribution < -0.4 is 0 Å². The largest absolute Gasteiger partial charge is 0.456 e. The van der Waals surface area contributed by atoms with E-state index in [1.165, 1.54) is 88.0 Å². The standard InChI is InChI=1S/C51H34O/c1-51(2)44-19-9-7-17-40(44)50-41(18-11-20-45(50)51)49-38-16-6-5-15-37(38)48(35-25-27-47-42(30-35)36-14-8-10-21-46(36)52-47)39-26-24-34(29-43(39)49)33-23-22-31-12-3-4-13-32(31)28-33/h3-30H,1-2H3. The van der Waals surface area contributed by atoms with Crippen LogP contribution in [0, 0.1) is 0 Å². The van der Waals surface area contributed by atoms with Crippen molar-refractivity contribution in [3.8, 4) is 44.5 Å². The van der Waals surface area contributed by atoms with Crippen LogP contribution in [0.15, 0.2) is 174 Å². The summed E-state index contributed by atoms with van der Waals surface area (Å²) < 4.78 is 6.28. The second-order valence-corrected chi connectivity index (χ2v) is 14.8. The van der Waals surface area contributed by atoms with Crippen molar-refractivity contribution in [1.29, 1.82) is 0 Å². The Morgan fingerprint density at radius 2 is 0.942 bits per heavy atom. The summed E-state index contributed by atoms with van der Waals surface area (Å²) in [4.78, 5) is 0. The molecule has 0 fully saturated rings. The van der Waals surface area contributed by atoms with Gasteiger partial charge in [-0.15, -0.1) is 0 Å². The molecule has 0 unspecified atom stereocenters. The summed E-state index contributed by atoms with van der Waals surface area (Å²) in [7, 11) is 0. The van der Waals surface area contributed by atoms with Gasteiger partial charge in [-0.1, -0.05) is 153 Å². The molecule has 0 bridgehead atoms. The first-order valence-corrected chi connectivity index (χ1v) is 18.2.